The van der Waals surface area contributed by atoms with Gasteiger partial charge in [-0.1, -0.05) is 32.6 Å². The number of nitrogens with zero attached hydrogens (tertiary/aromatic N) is 1. The fourth-order valence-electron chi connectivity index (χ4n) is 1.50. The molecule has 1 unspecified atom stereocenters. The Labute approximate surface area is 90.2 Å². The Morgan fingerprint density at radius 2 is 2.13 bits per heavy atom. The summed E-state index contributed by atoms with van der Waals surface area (Å²) in [6, 6.07) is 2.87. The van der Waals surface area contributed by atoms with E-state index in [1.165, 1.54) is 18.9 Å². The topological polar surface area (TPSA) is 33.1 Å². The highest BCUT2D eigenvalue weighted by molar-refractivity contribution is 5.07. The smallest absolute Gasteiger partial charge is 0.141 e. The van der Waals surface area contributed by atoms with Gasteiger partial charge in [-0.05, 0) is 18.6 Å². The van der Waals surface area contributed by atoms with Crippen molar-refractivity contribution in [2.75, 3.05) is 0 Å². The molecule has 0 aromatic carbocycles. The summed E-state index contributed by atoms with van der Waals surface area (Å²) in [5.74, 6) is -0.364. The molecule has 0 saturated heterocycles. The van der Waals surface area contributed by atoms with Crippen LogP contribution in [0.5, 0.6) is 0 Å². The third-order valence-corrected chi connectivity index (χ3v) is 2.42. The van der Waals surface area contributed by atoms with Crippen LogP contribution in [0.15, 0.2) is 18.3 Å². The van der Waals surface area contributed by atoms with Crippen molar-refractivity contribution >= 4 is 0 Å². The standard InChI is InChI=1S/C12H18FNO/c1-2-3-4-5-6-12(15)11-8-7-10(13)9-14-11/h7-9,12,15H,2-6H2,1H3. The number of rotatable bonds is 6. The number of aliphatic hydroxyl groups excluding tert-OH is 1. The zero-order valence-electron chi connectivity index (χ0n) is 9.12. The number of hydrogen-bond donors (Lipinski definition) is 1. The van der Waals surface area contributed by atoms with Crippen LogP contribution >= 0.6 is 0 Å². The van der Waals surface area contributed by atoms with Gasteiger partial charge in [-0.25, -0.2) is 4.39 Å². The van der Waals surface area contributed by atoms with Gasteiger partial charge in [0.1, 0.15) is 5.82 Å². The number of aromatic nitrogens is 1. The molecule has 0 aliphatic rings. The van der Waals surface area contributed by atoms with Crippen LogP contribution in [-0.2, 0) is 0 Å². The molecule has 0 spiro atoms. The average molecular weight is 211 g/mol. The van der Waals surface area contributed by atoms with Gasteiger partial charge in [0.25, 0.3) is 0 Å². The van der Waals surface area contributed by atoms with E-state index in [0.29, 0.717) is 12.1 Å². The van der Waals surface area contributed by atoms with Gasteiger partial charge in [0.05, 0.1) is 18.0 Å². The first-order valence-corrected chi connectivity index (χ1v) is 5.53. The molecule has 1 aromatic heterocycles. The molecule has 0 radical (unpaired) electrons. The highest BCUT2D eigenvalue weighted by Crippen LogP contribution is 2.17. The molecule has 0 bridgehead atoms. The van der Waals surface area contributed by atoms with Crippen LogP contribution < -0.4 is 0 Å². The summed E-state index contributed by atoms with van der Waals surface area (Å²) in [6.07, 6.45) is 5.81. The van der Waals surface area contributed by atoms with Crippen molar-refractivity contribution in [2.24, 2.45) is 0 Å². The van der Waals surface area contributed by atoms with Gasteiger partial charge in [0, 0.05) is 0 Å². The Hall–Kier alpha value is -0.960. The maximum Gasteiger partial charge on any atom is 0.141 e. The van der Waals surface area contributed by atoms with E-state index in [-0.39, 0.29) is 5.82 Å². The van der Waals surface area contributed by atoms with Gasteiger partial charge in [-0.15, -0.1) is 0 Å². The number of aliphatic hydroxyl groups is 1. The molecule has 1 rings (SSSR count). The van der Waals surface area contributed by atoms with E-state index in [0.717, 1.165) is 19.0 Å². The Kier molecular flexibility index (Phi) is 5.26. The summed E-state index contributed by atoms with van der Waals surface area (Å²) < 4.78 is 12.6. The second-order valence-corrected chi connectivity index (χ2v) is 3.77. The van der Waals surface area contributed by atoms with E-state index in [1.54, 1.807) is 6.07 Å². The Morgan fingerprint density at radius 1 is 1.33 bits per heavy atom. The summed E-state index contributed by atoms with van der Waals surface area (Å²) in [5, 5.41) is 9.73. The molecule has 1 N–H and O–H groups in total. The van der Waals surface area contributed by atoms with E-state index < -0.39 is 6.10 Å². The molecule has 0 aliphatic heterocycles. The van der Waals surface area contributed by atoms with Gasteiger partial charge in [-0.2, -0.15) is 0 Å². The fraction of sp³-hybridized carbons (Fsp3) is 0.583. The van der Waals surface area contributed by atoms with E-state index in [9.17, 15) is 9.50 Å². The van der Waals surface area contributed by atoms with Gasteiger partial charge in [-0.3, -0.25) is 4.98 Å². The van der Waals surface area contributed by atoms with Crippen molar-refractivity contribution in [3.63, 3.8) is 0 Å². The molecule has 1 atom stereocenters. The lowest BCUT2D eigenvalue weighted by atomic mass is 10.1. The van der Waals surface area contributed by atoms with Crippen LogP contribution in [0.1, 0.15) is 50.8 Å². The normalized spacial score (nSPS) is 12.7. The highest BCUT2D eigenvalue weighted by Gasteiger charge is 2.08. The number of halogens is 1. The molecular formula is C12H18FNO. The summed E-state index contributed by atoms with van der Waals surface area (Å²) in [6.45, 7) is 2.15. The van der Waals surface area contributed by atoms with Crippen LogP contribution in [0.3, 0.4) is 0 Å². The zero-order valence-corrected chi connectivity index (χ0v) is 9.12. The zero-order chi connectivity index (χ0) is 11.1. The lowest BCUT2D eigenvalue weighted by Gasteiger charge is -2.09. The van der Waals surface area contributed by atoms with Crippen molar-refractivity contribution in [1.82, 2.24) is 4.98 Å². The number of hydrogen-bond acceptors (Lipinski definition) is 2. The van der Waals surface area contributed by atoms with Crippen molar-refractivity contribution < 1.29 is 9.50 Å². The lowest BCUT2D eigenvalue weighted by Crippen LogP contribution is -2.00. The minimum absolute atomic E-state index is 0.364. The molecule has 2 nitrogen and oxygen atoms in total. The summed E-state index contributed by atoms with van der Waals surface area (Å²) >= 11 is 0. The maximum absolute atomic E-state index is 12.6. The van der Waals surface area contributed by atoms with Crippen LogP contribution in [0.25, 0.3) is 0 Å². The average Bonchev–Trinajstić information content (AvgIpc) is 2.25. The largest absolute Gasteiger partial charge is 0.387 e. The number of pyridine rings is 1. The molecule has 0 aliphatic carbocycles. The first-order chi connectivity index (χ1) is 7.24. The van der Waals surface area contributed by atoms with Crippen LogP contribution in [0.4, 0.5) is 4.39 Å². The van der Waals surface area contributed by atoms with Crippen LogP contribution in [0, 0.1) is 5.82 Å². The van der Waals surface area contributed by atoms with Crippen molar-refractivity contribution in [1.29, 1.82) is 0 Å². The molecule has 0 fully saturated rings. The Balaban J connectivity index is 2.33. The predicted molar refractivity (Wildman–Crippen MR) is 57.9 cm³/mol. The van der Waals surface area contributed by atoms with Gasteiger partial charge in [0.2, 0.25) is 0 Å². The molecular weight excluding hydrogens is 193 g/mol. The van der Waals surface area contributed by atoms with E-state index >= 15 is 0 Å². The first kappa shape index (κ1) is 12.1. The quantitative estimate of drug-likeness (QED) is 0.733. The van der Waals surface area contributed by atoms with Crippen molar-refractivity contribution in [2.45, 2.75) is 45.1 Å². The Morgan fingerprint density at radius 3 is 2.73 bits per heavy atom. The SMILES string of the molecule is CCCCCCC(O)c1ccc(F)cn1. The molecule has 0 saturated carbocycles. The Bertz CT molecular complexity index is 273. The predicted octanol–water partition coefficient (Wildman–Crippen LogP) is 3.22. The minimum Gasteiger partial charge on any atom is -0.387 e. The molecule has 0 amide bonds. The van der Waals surface area contributed by atoms with Crippen molar-refractivity contribution in [3.8, 4) is 0 Å². The maximum atomic E-state index is 12.6. The third kappa shape index (κ3) is 4.38. The lowest BCUT2D eigenvalue weighted by molar-refractivity contribution is 0.158. The molecule has 15 heavy (non-hydrogen) atoms. The highest BCUT2D eigenvalue weighted by atomic mass is 19.1. The van der Waals surface area contributed by atoms with Gasteiger partial charge < -0.3 is 5.11 Å². The molecule has 3 heteroatoms. The fourth-order valence-corrected chi connectivity index (χ4v) is 1.50. The monoisotopic (exact) mass is 211 g/mol. The number of unbranched alkanes of at least 4 members (excludes halogenated alkanes) is 3. The summed E-state index contributed by atoms with van der Waals surface area (Å²) in [7, 11) is 0. The minimum atomic E-state index is -0.553. The summed E-state index contributed by atoms with van der Waals surface area (Å²) in [5.41, 5.74) is 0.563. The van der Waals surface area contributed by atoms with E-state index in [1.807, 2.05) is 0 Å². The van der Waals surface area contributed by atoms with Gasteiger partial charge >= 0.3 is 0 Å². The first-order valence-electron chi connectivity index (χ1n) is 5.53. The second kappa shape index (κ2) is 6.51. The molecule has 84 valence electrons. The molecule has 1 heterocycles. The third-order valence-electron chi connectivity index (χ3n) is 2.42. The summed E-state index contributed by atoms with van der Waals surface area (Å²) in [4.78, 5) is 3.85. The van der Waals surface area contributed by atoms with E-state index in [4.69, 9.17) is 0 Å². The van der Waals surface area contributed by atoms with Crippen LogP contribution in [-0.4, -0.2) is 10.1 Å². The van der Waals surface area contributed by atoms with Crippen LogP contribution in [0.2, 0.25) is 0 Å². The van der Waals surface area contributed by atoms with Crippen molar-refractivity contribution in [3.05, 3.63) is 29.8 Å². The van der Waals surface area contributed by atoms with Gasteiger partial charge in [0.15, 0.2) is 0 Å². The second-order valence-electron chi connectivity index (χ2n) is 3.77. The van der Waals surface area contributed by atoms with E-state index in [2.05, 4.69) is 11.9 Å². The molecule has 1 aromatic rings.